The van der Waals surface area contributed by atoms with Gasteiger partial charge in [-0.25, -0.2) is 0 Å². The third-order valence-corrected chi connectivity index (χ3v) is 3.54. The fourth-order valence-electron chi connectivity index (χ4n) is 2.26. The van der Waals surface area contributed by atoms with Crippen molar-refractivity contribution in [3.05, 3.63) is 47.0 Å². The molecule has 1 atom stereocenters. The first-order chi connectivity index (χ1) is 10.8. The topological polar surface area (TPSA) is 144 Å². The summed E-state index contributed by atoms with van der Waals surface area (Å²) in [6, 6.07) is 5.98. The second-order valence-electron chi connectivity index (χ2n) is 5.22. The van der Waals surface area contributed by atoms with Crippen LogP contribution in [0.15, 0.2) is 30.3 Å². The van der Waals surface area contributed by atoms with E-state index in [9.17, 15) is 25.2 Å². The van der Waals surface area contributed by atoms with Gasteiger partial charge >= 0.3 is 5.97 Å². The van der Waals surface area contributed by atoms with E-state index >= 15 is 0 Å². The lowest BCUT2D eigenvalue weighted by Gasteiger charge is -2.14. The Bertz CT molecular complexity index is 744. The highest BCUT2D eigenvalue weighted by Crippen LogP contribution is 2.38. The lowest BCUT2D eigenvalue weighted by molar-refractivity contribution is -0.138. The van der Waals surface area contributed by atoms with Crippen LogP contribution in [0.25, 0.3) is 0 Å². The zero-order valence-corrected chi connectivity index (χ0v) is 12.1. The van der Waals surface area contributed by atoms with Crippen molar-refractivity contribution in [2.45, 2.75) is 18.9 Å². The molecule has 7 nitrogen and oxygen atoms in total. The summed E-state index contributed by atoms with van der Waals surface area (Å²) in [6.07, 6.45) is 0.172. The molecule has 2 rings (SSSR count). The molecule has 23 heavy (non-hydrogen) atoms. The summed E-state index contributed by atoms with van der Waals surface area (Å²) < 4.78 is 0. The van der Waals surface area contributed by atoms with Crippen molar-refractivity contribution in [3.63, 3.8) is 0 Å². The molecule has 0 heterocycles. The summed E-state index contributed by atoms with van der Waals surface area (Å²) >= 11 is 0. The first-order valence-corrected chi connectivity index (χ1v) is 6.81. The summed E-state index contributed by atoms with van der Waals surface area (Å²) in [5.74, 6) is -2.71. The second-order valence-corrected chi connectivity index (χ2v) is 5.22. The Kier molecular flexibility index (Phi) is 4.61. The number of hydrogen-bond donors (Lipinski definition) is 6. The third-order valence-electron chi connectivity index (χ3n) is 3.54. The smallest absolute Gasteiger partial charge is 0.320 e. The van der Waals surface area contributed by atoms with Crippen LogP contribution in [-0.2, 0) is 17.6 Å². The molecule has 2 aromatic rings. The van der Waals surface area contributed by atoms with Crippen LogP contribution in [0.2, 0.25) is 0 Å². The number of nitrogens with two attached hydrogens (primary N) is 1. The highest BCUT2D eigenvalue weighted by atomic mass is 16.4. The first kappa shape index (κ1) is 16.4. The Labute approximate surface area is 131 Å². The number of phenols is 4. The lowest BCUT2D eigenvalue weighted by atomic mass is 9.94. The minimum atomic E-state index is -1.14. The third kappa shape index (κ3) is 3.64. The van der Waals surface area contributed by atoms with E-state index in [1.165, 1.54) is 24.3 Å². The largest absolute Gasteiger partial charge is 0.508 e. The molecule has 2 aromatic carbocycles. The van der Waals surface area contributed by atoms with Gasteiger partial charge in [-0.1, -0.05) is 12.1 Å². The van der Waals surface area contributed by atoms with Gasteiger partial charge in [0.1, 0.15) is 11.8 Å². The Morgan fingerprint density at radius 3 is 2.26 bits per heavy atom. The number of rotatable bonds is 5. The molecule has 0 fully saturated rings. The first-order valence-electron chi connectivity index (χ1n) is 6.81. The van der Waals surface area contributed by atoms with Gasteiger partial charge in [0.05, 0.1) is 0 Å². The molecular formula is C16H17NO6. The van der Waals surface area contributed by atoms with Crippen LogP contribution in [0.3, 0.4) is 0 Å². The van der Waals surface area contributed by atoms with Gasteiger partial charge < -0.3 is 31.3 Å². The van der Waals surface area contributed by atoms with E-state index in [2.05, 4.69) is 0 Å². The number of carbonyl (C=O) groups is 1. The summed E-state index contributed by atoms with van der Waals surface area (Å²) in [5.41, 5.74) is 7.01. The standard InChI is InChI=1S/C16H17NO6/c17-12(16(22)23)7-8-1-3-11(18)6-10(8)5-9-2-4-13(19)15(21)14(9)20/h1-4,6,12,18-21H,5,7,17H2,(H,22,23)/t12-/m0/s1. The second kappa shape index (κ2) is 6.45. The molecule has 0 saturated heterocycles. The molecule has 7 N–H and O–H groups in total. The number of hydrogen-bond acceptors (Lipinski definition) is 6. The molecule has 0 amide bonds. The molecule has 0 unspecified atom stereocenters. The van der Waals surface area contributed by atoms with Gasteiger partial charge in [-0.3, -0.25) is 4.79 Å². The molecule has 0 aliphatic rings. The van der Waals surface area contributed by atoms with Crippen molar-refractivity contribution in [1.82, 2.24) is 0 Å². The van der Waals surface area contributed by atoms with E-state index in [1.807, 2.05) is 0 Å². The highest BCUT2D eigenvalue weighted by Gasteiger charge is 2.17. The number of carboxylic acid groups (broad SMARTS) is 1. The maximum atomic E-state index is 10.9. The summed E-state index contributed by atoms with van der Waals surface area (Å²) in [6.45, 7) is 0. The zero-order valence-electron chi connectivity index (χ0n) is 12.1. The van der Waals surface area contributed by atoms with Crippen LogP contribution in [0.1, 0.15) is 16.7 Å². The van der Waals surface area contributed by atoms with E-state index < -0.39 is 29.3 Å². The van der Waals surface area contributed by atoms with Crippen LogP contribution < -0.4 is 5.73 Å². The highest BCUT2D eigenvalue weighted by molar-refractivity contribution is 5.73. The molecule has 0 saturated carbocycles. The van der Waals surface area contributed by atoms with Gasteiger partial charge in [-0.2, -0.15) is 0 Å². The number of aliphatic carboxylic acids is 1. The Hall–Kier alpha value is -2.93. The molecule has 0 aromatic heterocycles. The van der Waals surface area contributed by atoms with Crippen molar-refractivity contribution in [1.29, 1.82) is 0 Å². The van der Waals surface area contributed by atoms with Crippen molar-refractivity contribution in [3.8, 4) is 23.0 Å². The SMILES string of the molecule is N[C@@H](Cc1ccc(O)cc1Cc1ccc(O)c(O)c1O)C(=O)O. The molecule has 0 aliphatic heterocycles. The molecule has 0 aliphatic carbocycles. The predicted octanol–water partition coefficient (Wildman–Crippen LogP) is 1.05. The monoisotopic (exact) mass is 319 g/mol. The van der Waals surface area contributed by atoms with E-state index in [1.54, 1.807) is 6.07 Å². The Morgan fingerprint density at radius 1 is 0.957 bits per heavy atom. The van der Waals surface area contributed by atoms with Gasteiger partial charge in [-0.15, -0.1) is 0 Å². The predicted molar refractivity (Wildman–Crippen MR) is 81.7 cm³/mol. The van der Waals surface area contributed by atoms with Crippen molar-refractivity contribution < 1.29 is 30.3 Å². The van der Waals surface area contributed by atoms with Crippen LogP contribution in [-0.4, -0.2) is 37.5 Å². The fraction of sp³-hybridized carbons (Fsp3) is 0.188. The van der Waals surface area contributed by atoms with Crippen molar-refractivity contribution in [2.75, 3.05) is 0 Å². The summed E-state index contributed by atoms with van der Waals surface area (Å²) in [4.78, 5) is 10.9. The molecule has 0 spiro atoms. The average molecular weight is 319 g/mol. The molecule has 0 bridgehead atoms. The van der Waals surface area contributed by atoms with Gasteiger partial charge in [0.25, 0.3) is 0 Å². The van der Waals surface area contributed by atoms with Gasteiger partial charge in [0.2, 0.25) is 5.75 Å². The van der Waals surface area contributed by atoms with Crippen LogP contribution in [0.4, 0.5) is 0 Å². The normalized spacial score (nSPS) is 12.0. The van der Waals surface area contributed by atoms with Crippen LogP contribution >= 0.6 is 0 Å². The Morgan fingerprint density at radius 2 is 1.61 bits per heavy atom. The zero-order chi connectivity index (χ0) is 17.1. The number of benzene rings is 2. The molecule has 0 radical (unpaired) electrons. The van der Waals surface area contributed by atoms with Crippen LogP contribution in [0, 0.1) is 0 Å². The Balaban J connectivity index is 2.37. The number of phenolic OH excluding ortho intramolecular Hbond substituents is 4. The van der Waals surface area contributed by atoms with Crippen molar-refractivity contribution >= 4 is 5.97 Å². The summed E-state index contributed by atoms with van der Waals surface area (Å²) in [7, 11) is 0. The van der Waals surface area contributed by atoms with Crippen LogP contribution in [0.5, 0.6) is 23.0 Å². The maximum absolute atomic E-state index is 10.9. The summed E-state index contributed by atoms with van der Waals surface area (Å²) in [5, 5.41) is 47.3. The number of carboxylic acids is 1. The average Bonchev–Trinajstić information content (AvgIpc) is 2.50. The quantitative estimate of drug-likeness (QED) is 0.452. The van der Waals surface area contributed by atoms with Gasteiger partial charge in [-0.05, 0) is 35.7 Å². The maximum Gasteiger partial charge on any atom is 0.320 e. The molecule has 7 heteroatoms. The minimum absolute atomic E-state index is 0.0184. The lowest BCUT2D eigenvalue weighted by Crippen LogP contribution is -2.32. The molecule has 122 valence electrons. The van der Waals surface area contributed by atoms with Gasteiger partial charge in [0.15, 0.2) is 11.5 Å². The van der Waals surface area contributed by atoms with E-state index in [4.69, 9.17) is 10.8 Å². The number of aromatic hydroxyl groups is 4. The fourth-order valence-corrected chi connectivity index (χ4v) is 2.26. The van der Waals surface area contributed by atoms with Crippen molar-refractivity contribution in [2.24, 2.45) is 5.73 Å². The minimum Gasteiger partial charge on any atom is -0.508 e. The van der Waals surface area contributed by atoms with E-state index in [0.717, 1.165) is 0 Å². The van der Waals surface area contributed by atoms with Gasteiger partial charge in [0, 0.05) is 12.0 Å². The molecular weight excluding hydrogens is 302 g/mol. The van der Waals surface area contributed by atoms with E-state index in [0.29, 0.717) is 16.7 Å². The van der Waals surface area contributed by atoms with E-state index in [-0.39, 0.29) is 18.6 Å².